The third kappa shape index (κ3) is 8.38. The van der Waals surface area contributed by atoms with Crippen molar-refractivity contribution in [3.8, 4) is 5.75 Å². The van der Waals surface area contributed by atoms with Crippen LogP contribution >= 0.6 is 0 Å². The topological polar surface area (TPSA) is 41.5 Å². The van der Waals surface area contributed by atoms with Crippen LogP contribution in [0.1, 0.15) is 49.3 Å². The molecule has 2 rings (SSSR count). The Labute approximate surface area is 193 Å². The highest BCUT2D eigenvalue weighted by Gasteiger charge is 2.44. The van der Waals surface area contributed by atoms with E-state index in [2.05, 4.69) is 10.1 Å². The van der Waals surface area contributed by atoms with E-state index < -0.39 is 37.1 Å². The average Bonchev–Trinajstić information content (AvgIpc) is 2.75. The molecule has 1 atom stereocenters. The summed E-state index contributed by atoms with van der Waals surface area (Å²) in [6, 6.07) is 10.4. The molecule has 1 unspecified atom stereocenters. The van der Waals surface area contributed by atoms with E-state index in [-0.39, 0.29) is 6.42 Å². The molecule has 0 amide bonds. The number of hydrogen-bond acceptors (Lipinski definition) is 3. The highest BCUT2D eigenvalue weighted by atomic mass is 19.4. The smallest absolute Gasteiger partial charge is 0.428 e. The summed E-state index contributed by atoms with van der Waals surface area (Å²) in [6.07, 6.45) is -11.4. The Balaban J connectivity index is 2.26. The molecule has 0 aliphatic carbocycles. The molecular weight excluding hydrogens is 467 g/mol. The molecule has 190 valence electrons. The quantitative estimate of drug-likeness (QED) is 0.233. The van der Waals surface area contributed by atoms with E-state index in [0.29, 0.717) is 17.7 Å². The van der Waals surface area contributed by atoms with Crippen LogP contribution in [0.15, 0.2) is 42.5 Å². The molecule has 0 fully saturated rings. The molecule has 2 N–H and O–H groups in total. The Morgan fingerprint density at radius 1 is 0.971 bits per heavy atom. The molecule has 0 saturated heterocycles. The summed E-state index contributed by atoms with van der Waals surface area (Å²) < 4.78 is 93.7. The van der Waals surface area contributed by atoms with Crippen LogP contribution in [-0.4, -0.2) is 36.5 Å². The van der Waals surface area contributed by atoms with Gasteiger partial charge in [-0.05, 0) is 54.2 Å². The molecule has 0 spiro atoms. The molecule has 2 aromatic rings. The molecule has 0 heterocycles. The Bertz CT molecular complexity index is 903. The molecule has 0 radical (unpaired) electrons. The van der Waals surface area contributed by atoms with Gasteiger partial charge < -0.3 is 15.2 Å². The van der Waals surface area contributed by atoms with Gasteiger partial charge in [-0.25, -0.2) is 0 Å². The predicted molar refractivity (Wildman–Crippen MR) is 116 cm³/mol. The van der Waals surface area contributed by atoms with Crippen LogP contribution in [0.5, 0.6) is 5.75 Å². The van der Waals surface area contributed by atoms with Crippen molar-refractivity contribution in [1.29, 1.82) is 0 Å². The van der Waals surface area contributed by atoms with Crippen LogP contribution in [0.4, 0.5) is 36.4 Å². The van der Waals surface area contributed by atoms with Gasteiger partial charge in [-0.15, -0.1) is 0 Å². The third-order valence-corrected chi connectivity index (χ3v) is 5.22. The maximum absolute atomic E-state index is 13.3. The second-order valence-electron chi connectivity index (χ2n) is 7.98. The van der Waals surface area contributed by atoms with E-state index in [0.717, 1.165) is 42.9 Å². The lowest BCUT2D eigenvalue weighted by atomic mass is 9.94. The van der Waals surface area contributed by atoms with Crippen molar-refractivity contribution >= 4 is 5.69 Å². The third-order valence-electron chi connectivity index (χ3n) is 5.22. The number of anilines is 1. The number of aliphatic hydroxyl groups excluding tert-OH is 1. The second kappa shape index (κ2) is 12.3. The van der Waals surface area contributed by atoms with Crippen LogP contribution in [0.3, 0.4) is 0 Å². The van der Waals surface area contributed by atoms with Gasteiger partial charge in [0.1, 0.15) is 5.75 Å². The molecular formula is C24H28F7NO2. The Kier molecular flexibility index (Phi) is 10.0. The van der Waals surface area contributed by atoms with Crippen molar-refractivity contribution in [2.45, 2.75) is 70.3 Å². The van der Waals surface area contributed by atoms with E-state index in [4.69, 9.17) is 0 Å². The first-order valence-corrected chi connectivity index (χ1v) is 11.0. The van der Waals surface area contributed by atoms with Gasteiger partial charge in [0.25, 0.3) is 0 Å². The number of ether oxygens (including phenoxy) is 1. The zero-order valence-corrected chi connectivity index (χ0v) is 18.6. The number of hydrogen-bond donors (Lipinski definition) is 2. The minimum atomic E-state index is -4.76. The lowest BCUT2D eigenvalue weighted by Crippen LogP contribution is -2.35. The van der Waals surface area contributed by atoms with Crippen molar-refractivity contribution in [3.05, 3.63) is 59.2 Å². The van der Waals surface area contributed by atoms with Gasteiger partial charge in [0.2, 0.25) is 0 Å². The van der Waals surface area contributed by atoms with Gasteiger partial charge in [-0.1, -0.05) is 50.5 Å². The summed E-state index contributed by atoms with van der Waals surface area (Å²) in [5.74, 6) is -0.421. The van der Waals surface area contributed by atoms with Gasteiger partial charge in [0.15, 0.2) is 6.10 Å². The maximum Gasteiger partial charge on any atom is 0.461 e. The fourth-order valence-corrected chi connectivity index (χ4v) is 3.45. The van der Waals surface area contributed by atoms with E-state index in [9.17, 15) is 35.8 Å². The summed E-state index contributed by atoms with van der Waals surface area (Å²) in [5, 5.41) is 12.0. The fourth-order valence-electron chi connectivity index (χ4n) is 3.45. The first-order valence-electron chi connectivity index (χ1n) is 11.0. The summed E-state index contributed by atoms with van der Waals surface area (Å²) in [5.41, 5.74) is 2.43. The largest absolute Gasteiger partial charge is 0.461 e. The van der Waals surface area contributed by atoms with Crippen molar-refractivity contribution in [2.75, 3.05) is 11.9 Å². The van der Waals surface area contributed by atoms with Crippen molar-refractivity contribution in [1.82, 2.24) is 0 Å². The fraction of sp³-hybridized carbons (Fsp3) is 0.500. The number of rotatable bonds is 13. The summed E-state index contributed by atoms with van der Waals surface area (Å²) in [6.45, 7) is 1.33. The highest BCUT2D eigenvalue weighted by Crippen LogP contribution is 2.30. The number of unbranched alkanes of at least 4 members (excludes halogenated alkanes) is 3. The van der Waals surface area contributed by atoms with E-state index in [1.165, 1.54) is 12.1 Å². The SMILES string of the molecule is CCCCCCc1c(Cc2cccc(OC(F)(F)C(F)F)c2)cccc1NCC(O)C(F)(F)F. The minimum Gasteiger partial charge on any atom is -0.428 e. The van der Waals surface area contributed by atoms with Gasteiger partial charge in [-0.2, -0.15) is 30.7 Å². The Morgan fingerprint density at radius 3 is 2.32 bits per heavy atom. The standard InChI is InChI=1S/C24H28F7NO2/c1-2-3-4-5-11-19-17(9-7-12-20(19)32-15-21(33)23(27,28)29)13-16-8-6-10-18(14-16)34-24(30,31)22(25)26/h6-10,12,14,21-22,32-33H,2-5,11,13,15H2,1H3. The zero-order chi connectivity index (χ0) is 25.4. The van der Waals surface area contributed by atoms with Gasteiger partial charge in [0, 0.05) is 12.2 Å². The Hall–Kier alpha value is -2.49. The van der Waals surface area contributed by atoms with Gasteiger partial charge in [-0.3, -0.25) is 0 Å². The minimum absolute atomic E-state index is 0.220. The normalized spacial score (nSPS) is 13.2. The zero-order valence-electron chi connectivity index (χ0n) is 18.6. The molecule has 0 aromatic heterocycles. The second-order valence-corrected chi connectivity index (χ2v) is 7.98. The first-order chi connectivity index (χ1) is 15.9. The maximum atomic E-state index is 13.3. The number of halogens is 7. The lowest BCUT2D eigenvalue weighted by Gasteiger charge is -2.20. The average molecular weight is 495 g/mol. The summed E-state index contributed by atoms with van der Waals surface area (Å²) in [7, 11) is 0. The first kappa shape index (κ1) is 27.8. The van der Waals surface area contributed by atoms with Crippen LogP contribution in [-0.2, 0) is 12.8 Å². The molecule has 3 nitrogen and oxygen atoms in total. The molecule has 2 aromatic carbocycles. The molecule has 0 bridgehead atoms. The van der Waals surface area contributed by atoms with Crippen molar-refractivity contribution in [3.63, 3.8) is 0 Å². The summed E-state index contributed by atoms with van der Waals surface area (Å²) in [4.78, 5) is 0. The Morgan fingerprint density at radius 2 is 1.68 bits per heavy atom. The van der Waals surface area contributed by atoms with E-state index in [1.807, 2.05) is 6.92 Å². The molecule has 0 saturated carbocycles. The number of alkyl halides is 7. The van der Waals surface area contributed by atoms with Gasteiger partial charge in [0.05, 0.1) is 0 Å². The molecule has 34 heavy (non-hydrogen) atoms. The lowest BCUT2D eigenvalue weighted by molar-refractivity contribution is -0.253. The van der Waals surface area contributed by atoms with Crippen molar-refractivity contribution in [2.24, 2.45) is 0 Å². The predicted octanol–water partition coefficient (Wildman–Crippen LogP) is 6.97. The number of benzene rings is 2. The highest BCUT2D eigenvalue weighted by molar-refractivity contribution is 5.56. The molecule has 0 aliphatic heterocycles. The van der Waals surface area contributed by atoms with Gasteiger partial charge >= 0.3 is 18.7 Å². The van der Waals surface area contributed by atoms with Crippen LogP contribution in [0.25, 0.3) is 0 Å². The number of aliphatic hydroxyl groups is 1. The number of nitrogens with one attached hydrogen (secondary N) is 1. The van der Waals surface area contributed by atoms with Crippen LogP contribution < -0.4 is 10.1 Å². The molecule has 0 aliphatic rings. The van der Waals surface area contributed by atoms with E-state index >= 15 is 0 Å². The molecule has 10 heteroatoms. The van der Waals surface area contributed by atoms with Crippen LogP contribution in [0, 0.1) is 0 Å². The van der Waals surface area contributed by atoms with Crippen molar-refractivity contribution < 1.29 is 40.6 Å². The summed E-state index contributed by atoms with van der Waals surface area (Å²) >= 11 is 0. The van der Waals surface area contributed by atoms with E-state index in [1.54, 1.807) is 24.3 Å². The van der Waals surface area contributed by atoms with Crippen LogP contribution in [0.2, 0.25) is 0 Å². The monoisotopic (exact) mass is 495 g/mol.